The third-order valence-corrected chi connectivity index (χ3v) is 2.73. The van der Waals surface area contributed by atoms with Crippen molar-refractivity contribution in [3.05, 3.63) is 47.5 Å². The minimum atomic E-state index is -0.194. The molecular weight excluding hydrogens is 228 g/mol. The lowest BCUT2D eigenvalue weighted by atomic mass is 10.1. The van der Waals surface area contributed by atoms with Crippen molar-refractivity contribution in [3.63, 3.8) is 0 Å². The number of H-pyrrole nitrogens is 1. The molecule has 4 N–H and O–H groups in total. The second-order valence-corrected chi connectivity index (χ2v) is 4.26. The zero-order valence-corrected chi connectivity index (χ0v) is 10.4. The fraction of sp³-hybridized carbons (Fsp3) is 0.231. The second-order valence-electron chi connectivity index (χ2n) is 4.26. The molecule has 1 heterocycles. The zero-order valence-electron chi connectivity index (χ0n) is 10.4. The van der Waals surface area contributed by atoms with Crippen LogP contribution in [0.2, 0.25) is 0 Å². The Morgan fingerprint density at radius 2 is 2.28 bits per heavy atom. The Labute approximate surface area is 105 Å². The second kappa shape index (κ2) is 4.91. The Kier molecular flexibility index (Phi) is 3.32. The van der Waals surface area contributed by atoms with Gasteiger partial charge in [-0.2, -0.15) is 0 Å². The number of nitrogens with one attached hydrogen (secondary N) is 2. The summed E-state index contributed by atoms with van der Waals surface area (Å²) in [7, 11) is 0. The number of hydrogen-bond acceptors (Lipinski definition) is 3. The predicted molar refractivity (Wildman–Crippen MR) is 70.1 cm³/mol. The standard InChI is InChI=1S/C13H16N4O/c1-8-3-4-11(14)10(7-8)13(18)17-9(2)12-15-5-6-16-12/h3-7,9H,14H2,1-2H3,(H,15,16)(H,17,18). The van der Waals surface area contributed by atoms with Crippen molar-refractivity contribution < 1.29 is 4.79 Å². The Bertz CT molecular complexity index is 548. The van der Waals surface area contributed by atoms with Crippen molar-refractivity contribution in [2.24, 2.45) is 0 Å². The molecule has 0 radical (unpaired) electrons. The molecule has 1 aromatic heterocycles. The lowest BCUT2D eigenvalue weighted by Crippen LogP contribution is -2.28. The van der Waals surface area contributed by atoms with Crippen molar-refractivity contribution in [2.45, 2.75) is 19.9 Å². The molecule has 1 atom stereocenters. The molecule has 1 unspecified atom stereocenters. The SMILES string of the molecule is Cc1ccc(N)c(C(=O)NC(C)c2ncc[nH]2)c1. The highest BCUT2D eigenvalue weighted by Gasteiger charge is 2.15. The maximum Gasteiger partial charge on any atom is 0.253 e. The molecule has 5 nitrogen and oxygen atoms in total. The van der Waals surface area contributed by atoms with Gasteiger partial charge in [0.15, 0.2) is 0 Å². The first-order valence-corrected chi connectivity index (χ1v) is 5.74. The number of anilines is 1. The molecule has 94 valence electrons. The smallest absolute Gasteiger partial charge is 0.253 e. The first-order valence-electron chi connectivity index (χ1n) is 5.74. The van der Waals surface area contributed by atoms with Crippen molar-refractivity contribution in [1.82, 2.24) is 15.3 Å². The number of nitrogens with zero attached hydrogens (tertiary/aromatic N) is 1. The van der Waals surface area contributed by atoms with E-state index in [-0.39, 0.29) is 11.9 Å². The third-order valence-electron chi connectivity index (χ3n) is 2.73. The Hall–Kier alpha value is -2.30. The maximum atomic E-state index is 12.1. The van der Waals surface area contributed by atoms with Crippen LogP contribution in [0.15, 0.2) is 30.6 Å². The van der Waals surface area contributed by atoms with E-state index in [1.807, 2.05) is 19.9 Å². The van der Waals surface area contributed by atoms with E-state index in [0.29, 0.717) is 11.3 Å². The summed E-state index contributed by atoms with van der Waals surface area (Å²) in [6.45, 7) is 3.79. The number of carbonyl (C=O) groups excluding carboxylic acids is 1. The number of carbonyl (C=O) groups is 1. The van der Waals surface area contributed by atoms with Crippen LogP contribution in [0, 0.1) is 6.92 Å². The van der Waals surface area contributed by atoms with E-state index in [1.165, 1.54) is 0 Å². The molecule has 5 heteroatoms. The van der Waals surface area contributed by atoms with Gasteiger partial charge in [0, 0.05) is 18.1 Å². The molecule has 0 bridgehead atoms. The quantitative estimate of drug-likeness (QED) is 0.720. The van der Waals surface area contributed by atoms with Gasteiger partial charge < -0.3 is 16.0 Å². The number of nitrogen functional groups attached to an aromatic ring is 1. The fourth-order valence-corrected chi connectivity index (χ4v) is 1.72. The largest absolute Gasteiger partial charge is 0.398 e. The monoisotopic (exact) mass is 244 g/mol. The van der Waals surface area contributed by atoms with E-state index < -0.39 is 0 Å². The van der Waals surface area contributed by atoms with Gasteiger partial charge in [-0.25, -0.2) is 4.98 Å². The number of aromatic nitrogens is 2. The minimum Gasteiger partial charge on any atom is -0.398 e. The molecule has 1 amide bonds. The summed E-state index contributed by atoms with van der Waals surface area (Å²) < 4.78 is 0. The van der Waals surface area contributed by atoms with E-state index in [9.17, 15) is 4.79 Å². The molecule has 1 aromatic carbocycles. The Balaban J connectivity index is 2.15. The number of nitrogens with two attached hydrogens (primary N) is 1. The summed E-state index contributed by atoms with van der Waals surface area (Å²) >= 11 is 0. The van der Waals surface area contributed by atoms with Crippen LogP contribution in [0.1, 0.15) is 34.7 Å². The molecule has 2 rings (SSSR count). The van der Waals surface area contributed by atoms with Crippen LogP contribution in [0.4, 0.5) is 5.69 Å². The predicted octanol–water partition coefficient (Wildman–Crippen LogP) is 1.79. The van der Waals surface area contributed by atoms with Gasteiger partial charge in [-0.15, -0.1) is 0 Å². The zero-order chi connectivity index (χ0) is 13.1. The van der Waals surface area contributed by atoms with Crippen molar-refractivity contribution in [1.29, 1.82) is 0 Å². The van der Waals surface area contributed by atoms with Crippen LogP contribution in [0.25, 0.3) is 0 Å². The molecular formula is C13H16N4O. The normalized spacial score (nSPS) is 12.1. The molecule has 0 aliphatic heterocycles. The van der Waals surface area contributed by atoms with Crippen LogP contribution in [0.5, 0.6) is 0 Å². The topological polar surface area (TPSA) is 83.8 Å². The van der Waals surface area contributed by atoms with Gasteiger partial charge in [-0.3, -0.25) is 4.79 Å². The minimum absolute atomic E-state index is 0.188. The van der Waals surface area contributed by atoms with E-state index in [0.717, 1.165) is 11.4 Å². The van der Waals surface area contributed by atoms with Gasteiger partial charge in [0.25, 0.3) is 5.91 Å². The number of benzene rings is 1. The molecule has 0 aliphatic carbocycles. The number of rotatable bonds is 3. The van der Waals surface area contributed by atoms with Crippen molar-refractivity contribution >= 4 is 11.6 Å². The van der Waals surface area contributed by atoms with Gasteiger partial charge in [-0.05, 0) is 26.0 Å². The molecule has 0 fully saturated rings. The van der Waals surface area contributed by atoms with E-state index >= 15 is 0 Å². The summed E-state index contributed by atoms with van der Waals surface area (Å²) in [5, 5.41) is 2.85. The average molecular weight is 244 g/mol. The highest BCUT2D eigenvalue weighted by molar-refractivity contribution is 5.99. The summed E-state index contributed by atoms with van der Waals surface area (Å²) in [5.74, 6) is 0.523. The van der Waals surface area contributed by atoms with E-state index in [1.54, 1.807) is 24.5 Å². The van der Waals surface area contributed by atoms with Crippen molar-refractivity contribution in [3.8, 4) is 0 Å². The lowest BCUT2D eigenvalue weighted by molar-refractivity contribution is 0.0939. The van der Waals surface area contributed by atoms with Gasteiger partial charge in [-0.1, -0.05) is 11.6 Å². The third kappa shape index (κ3) is 2.51. The number of hydrogen-bond donors (Lipinski definition) is 3. The molecule has 0 aliphatic rings. The van der Waals surface area contributed by atoms with E-state index in [4.69, 9.17) is 5.73 Å². The number of aryl methyl sites for hydroxylation is 1. The summed E-state index contributed by atoms with van der Waals surface area (Å²) in [6.07, 6.45) is 3.37. The van der Waals surface area contributed by atoms with Gasteiger partial charge in [0.2, 0.25) is 0 Å². The molecule has 2 aromatic rings. The fourth-order valence-electron chi connectivity index (χ4n) is 1.72. The summed E-state index contributed by atoms with van der Waals surface area (Å²) in [4.78, 5) is 19.2. The molecule has 0 saturated carbocycles. The van der Waals surface area contributed by atoms with Gasteiger partial charge >= 0.3 is 0 Å². The summed E-state index contributed by atoms with van der Waals surface area (Å²) in [5.41, 5.74) is 7.77. The lowest BCUT2D eigenvalue weighted by Gasteiger charge is -2.13. The number of imidazole rings is 1. The van der Waals surface area contributed by atoms with Crippen LogP contribution < -0.4 is 11.1 Å². The van der Waals surface area contributed by atoms with Gasteiger partial charge in [0.05, 0.1) is 11.6 Å². The first-order chi connectivity index (χ1) is 8.58. The van der Waals surface area contributed by atoms with E-state index in [2.05, 4.69) is 15.3 Å². The van der Waals surface area contributed by atoms with Crippen LogP contribution >= 0.6 is 0 Å². The molecule has 18 heavy (non-hydrogen) atoms. The molecule has 0 saturated heterocycles. The number of amides is 1. The highest BCUT2D eigenvalue weighted by Crippen LogP contribution is 2.15. The Morgan fingerprint density at radius 3 is 2.94 bits per heavy atom. The molecule has 0 spiro atoms. The van der Waals surface area contributed by atoms with Crippen LogP contribution in [-0.4, -0.2) is 15.9 Å². The number of aromatic amines is 1. The van der Waals surface area contributed by atoms with Crippen LogP contribution in [0.3, 0.4) is 0 Å². The highest BCUT2D eigenvalue weighted by atomic mass is 16.1. The first kappa shape index (κ1) is 12.2. The maximum absolute atomic E-state index is 12.1. The average Bonchev–Trinajstić information content (AvgIpc) is 2.85. The van der Waals surface area contributed by atoms with Crippen LogP contribution in [-0.2, 0) is 0 Å². The van der Waals surface area contributed by atoms with Crippen molar-refractivity contribution in [2.75, 3.05) is 5.73 Å². The summed E-state index contributed by atoms with van der Waals surface area (Å²) in [6, 6.07) is 5.20. The van der Waals surface area contributed by atoms with Gasteiger partial charge in [0.1, 0.15) is 5.82 Å². The Morgan fingerprint density at radius 1 is 1.50 bits per heavy atom.